The zero-order valence-electron chi connectivity index (χ0n) is 19.6. The van der Waals surface area contributed by atoms with Gasteiger partial charge in [-0.25, -0.2) is 4.79 Å². The first-order chi connectivity index (χ1) is 17.1. The average molecular weight is 473 g/mol. The van der Waals surface area contributed by atoms with E-state index < -0.39 is 5.60 Å². The minimum atomic E-state index is -1.15. The summed E-state index contributed by atoms with van der Waals surface area (Å²) in [6.45, 7) is 0.974. The Bertz CT molecular complexity index is 1200. The lowest BCUT2D eigenvalue weighted by Gasteiger charge is -2.51. The zero-order valence-corrected chi connectivity index (χ0v) is 19.6. The standard InChI is InChI=1S/C28H28N2O5/c1-33-26-10-11-29-14-25(26)28(32)12-18-15-34-16-19(13-28)30(18)27(31)35-17-24-22-8-4-2-6-20(22)21-7-3-5-9-23(21)24/h2-11,14,18-19,24,32H,12-13,15-17H2,1H3. The highest BCUT2D eigenvalue weighted by Gasteiger charge is 2.50. The number of rotatable bonds is 4. The number of amides is 1. The van der Waals surface area contributed by atoms with Crippen molar-refractivity contribution in [2.45, 2.75) is 36.4 Å². The third kappa shape index (κ3) is 3.66. The highest BCUT2D eigenvalue weighted by Crippen LogP contribution is 2.46. The second-order valence-electron chi connectivity index (χ2n) is 9.57. The first-order valence-corrected chi connectivity index (χ1v) is 12.0. The minimum Gasteiger partial charge on any atom is -0.496 e. The summed E-state index contributed by atoms with van der Waals surface area (Å²) in [6, 6.07) is 17.7. The molecule has 3 aromatic rings. The van der Waals surface area contributed by atoms with Crippen molar-refractivity contribution in [1.82, 2.24) is 9.88 Å². The van der Waals surface area contributed by atoms with E-state index in [9.17, 15) is 9.90 Å². The Labute approximate surface area is 204 Å². The number of benzene rings is 2. The van der Waals surface area contributed by atoms with Crippen LogP contribution in [-0.4, -0.2) is 60.1 Å². The Morgan fingerprint density at radius 3 is 2.31 bits per heavy atom. The van der Waals surface area contributed by atoms with Gasteiger partial charge in [-0.1, -0.05) is 48.5 Å². The second-order valence-corrected chi connectivity index (χ2v) is 9.57. The molecule has 0 saturated carbocycles. The van der Waals surface area contributed by atoms with E-state index in [0.717, 1.165) is 0 Å². The van der Waals surface area contributed by atoms with Crippen molar-refractivity contribution in [3.05, 3.63) is 83.7 Å². The molecule has 1 aromatic heterocycles. The molecule has 2 bridgehead atoms. The number of pyridine rings is 1. The molecule has 7 nitrogen and oxygen atoms in total. The van der Waals surface area contributed by atoms with Gasteiger partial charge in [0.05, 0.1) is 38.0 Å². The monoisotopic (exact) mass is 472 g/mol. The molecule has 2 atom stereocenters. The Kier molecular flexibility index (Phi) is 5.46. The summed E-state index contributed by atoms with van der Waals surface area (Å²) in [5.74, 6) is 0.597. The summed E-state index contributed by atoms with van der Waals surface area (Å²) in [7, 11) is 1.58. The third-order valence-electron chi connectivity index (χ3n) is 7.60. The van der Waals surface area contributed by atoms with Crippen LogP contribution in [0.15, 0.2) is 67.0 Å². The van der Waals surface area contributed by atoms with Gasteiger partial charge in [0.15, 0.2) is 0 Å². The van der Waals surface area contributed by atoms with Gasteiger partial charge in [-0.3, -0.25) is 9.88 Å². The largest absolute Gasteiger partial charge is 0.496 e. The van der Waals surface area contributed by atoms with Gasteiger partial charge in [-0.05, 0) is 28.3 Å². The smallest absolute Gasteiger partial charge is 0.410 e. The van der Waals surface area contributed by atoms with E-state index in [0.29, 0.717) is 37.4 Å². The number of hydrogen-bond acceptors (Lipinski definition) is 6. The highest BCUT2D eigenvalue weighted by atomic mass is 16.6. The van der Waals surface area contributed by atoms with Crippen LogP contribution in [0.3, 0.4) is 0 Å². The lowest BCUT2D eigenvalue weighted by Crippen LogP contribution is -2.62. The fourth-order valence-electron chi connectivity index (χ4n) is 6.07. The number of methoxy groups -OCH3 is 1. The first kappa shape index (κ1) is 22.1. The summed E-state index contributed by atoms with van der Waals surface area (Å²) in [5, 5.41) is 11.6. The van der Waals surface area contributed by atoms with Crippen LogP contribution in [0.25, 0.3) is 11.1 Å². The van der Waals surface area contributed by atoms with E-state index >= 15 is 0 Å². The van der Waals surface area contributed by atoms with E-state index in [4.69, 9.17) is 14.2 Å². The molecule has 3 aliphatic rings. The Morgan fingerprint density at radius 1 is 1.06 bits per heavy atom. The van der Waals surface area contributed by atoms with Crippen LogP contribution >= 0.6 is 0 Å². The second kappa shape index (κ2) is 8.66. The van der Waals surface area contributed by atoms with E-state index in [1.165, 1.54) is 22.3 Å². The normalized spacial score (nSPS) is 25.0. The van der Waals surface area contributed by atoms with Crippen LogP contribution in [0.5, 0.6) is 5.75 Å². The molecule has 2 aliphatic heterocycles. The van der Waals surface area contributed by atoms with Crippen LogP contribution in [-0.2, 0) is 15.1 Å². The topological polar surface area (TPSA) is 81.1 Å². The number of ether oxygens (including phenoxy) is 3. The Morgan fingerprint density at radius 2 is 1.69 bits per heavy atom. The average Bonchev–Trinajstić information content (AvgIpc) is 3.20. The van der Waals surface area contributed by atoms with Crippen molar-refractivity contribution in [3.63, 3.8) is 0 Å². The van der Waals surface area contributed by atoms with Gasteiger partial charge < -0.3 is 19.3 Å². The molecule has 6 rings (SSSR count). The van der Waals surface area contributed by atoms with Crippen LogP contribution in [0.1, 0.15) is 35.4 Å². The molecule has 2 fully saturated rings. The third-order valence-corrected chi connectivity index (χ3v) is 7.60. The molecule has 7 heteroatoms. The number of carbonyl (C=O) groups excluding carboxylic acids is 1. The van der Waals surface area contributed by atoms with Crippen molar-refractivity contribution >= 4 is 6.09 Å². The van der Waals surface area contributed by atoms with Gasteiger partial charge in [0, 0.05) is 36.7 Å². The molecule has 2 saturated heterocycles. The lowest BCUT2D eigenvalue weighted by molar-refractivity contribution is -0.137. The zero-order chi connectivity index (χ0) is 24.0. The van der Waals surface area contributed by atoms with E-state index in [2.05, 4.69) is 29.2 Å². The maximum atomic E-state index is 13.4. The molecule has 180 valence electrons. The van der Waals surface area contributed by atoms with E-state index in [1.807, 2.05) is 24.3 Å². The number of hydrogen-bond donors (Lipinski definition) is 1. The SMILES string of the molecule is COc1ccncc1C1(O)CC2COCC(C1)N2C(=O)OCC1c2ccccc2-c2ccccc21. The molecule has 1 amide bonds. The Hall–Kier alpha value is -3.42. The van der Waals surface area contributed by atoms with Crippen molar-refractivity contribution < 1.29 is 24.1 Å². The van der Waals surface area contributed by atoms with Gasteiger partial charge in [0.2, 0.25) is 0 Å². The van der Waals surface area contributed by atoms with Crippen LogP contribution in [0.2, 0.25) is 0 Å². The number of carbonyl (C=O) groups is 1. The summed E-state index contributed by atoms with van der Waals surface area (Å²) in [6.07, 6.45) is 3.59. The molecule has 1 aliphatic carbocycles. The molecule has 0 spiro atoms. The van der Waals surface area contributed by atoms with Gasteiger partial charge in [0.1, 0.15) is 12.4 Å². The molecule has 0 radical (unpaired) electrons. The number of fused-ring (bicyclic) bond motifs is 5. The fourth-order valence-corrected chi connectivity index (χ4v) is 6.07. The molecule has 1 N–H and O–H groups in total. The van der Waals surface area contributed by atoms with Crippen LogP contribution in [0.4, 0.5) is 4.79 Å². The Balaban J connectivity index is 1.21. The minimum absolute atomic E-state index is 0.00354. The quantitative estimate of drug-likeness (QED) is 0.616. The molecular formula is C28H28N2O5. The maximum Gasteiger partial charge on any atom is 0.410 e. The van der Waals surface area contributed by atoms with Crippen molar-refractivity contribution in [2.24, 2.45) is 0 Å². The van der Waals surface area contributed by atoms with Gasteiger partial charge >= 0.3 is 6.09 Å². The van der Waals surface area contributed by atoms with Gasteiger partial charge in [0.25, 0.3) is 0 Å². The first-order valence-electron chi connectivity index (χ1n) is 12.0. The van der Waals surface area contributed by atoms with Gasteiger partial charge in [-0.15, -0.1) is 0 Å². The van der Waals surface area contributed by atoms with Crippen molar-refractivity contribution in [1.29, 1.82) is 0 Å². The van der Waals surface area contributed by atoms with Crippen LogP contribution < -0.4 is 4.74 Å². The maximum absolute atomic E-state index is 13.4. The lowest BCUT2D eigenvalue weighted by atomic mass is 9.77. The molecule has 35 heavy (non-hydrogen) atoms. The molecule has 2 unspecified atom stereocenters. The van der Waals surface area contributed by atoms with Crippen LogP contribution in [0, 0.1) is 0 Å². The number of aromatic nitrogens is 1. The number of piperidine rings is 1. The molecule has 2 aromatic carbocycles. The van der Waals surface area contributed by atoms with E-state index in [-0.39, 0.29) is 30.7 Å². The number of morpholine rings is 1. The van der Waals surface area contributed by atoms with Crippen molar-refractivity contribution in [2.75, 3.05) is 26.9 Å². The number of aliphatic hydroxyl groups is 1. The van der Waals surface area contributed by atoms with E-state index in [1.54, 1.807) is 30.5 Å². The summed E-state index contributed by atoms with van der Waals surface area (Å²) >= 11 is 0. The highest BCUT2D eigenvalue weighted by molar-refractivity contribution is 5.79. The predicted octanol–water partition coefficient (Wildman–Crippen LogP) is 4.09. The summed E-state index contributed by atoms with van der Waals surface area (Å²) < 4.78 is 17.2. The number of nitrogens with zero attached hydrogens (tertiary/aromatic N) is 2. The summed E-state index contributed by atoms with van der Waals surface area (Å²) in [5.41, 5.74) is 4.25. The summed E-state index contributed by atoms with van der Waals surface area (Å²) in [4.78, 5) is 19.4. The van der Waals surface area contributed by atoms with Crippen molar-refractivity contribution in [3.8, 4) is 16.9 Å². The molecular weight excluding hydrogens is 444 g/mol. The fraction of sp³-hybridized carbons (Fsp3) is 0.357. The van der Waals surface area contributed by atoms with Gasteiger partial charge in [-0.2, -0.15) is 0 Å². The molecule has 3 heterocycles. The predicted molar refractivity (Wildman–Crippen MR) is 129 cm³/mol.